The van der Waals surface area contributed by atoms with Crippen molar-refractivity contribution in [2.75, 3.05) is 0 Å². The third kappa shape index (κ3) is 1.26. The van der Waals surface area contributed by atoms with Crippen LogP contribution < -0.4 is 10.9 Å². The van der Waals surface area contributed by atoms with Gasteiger partial charge in [-0.25, -0.2) is 0 Å². The highest BCUT2D eigenvalue weighted by Crippen LogP contribution is 2.42. The number of fused-ring (bicyclic) bond motifs is 8. The fourth-order valence-electron chi connectivity index (χ4n) is 3.95. The van der Waals surface area contributed by atoms with Crippen LogP contribution in [0.2, 0.25) is 0 Å². The van der Waals surface area contributed by atoms with Crippen molar-refractivity contribution in [1.29, 1.82) is 0 Å². The highest BCUT2D eigenvalue weighted by Gasteiger charge is 2.30. The van der Waals surface area contributed by atoms with Crippen LogP contribution in [0.5, 0.6) is 0 Å². The van der Waals surface area contributed by atoms with Crippen LogP contribution in [0.25, 0.3) is 32.7 Å². The summed E-state index contributed by atoms with van der Waals surface area (Å²) in [7, 11) is 0. The molecule has 0 radical (unpaired) electrons. The first kappa shape index (κ1) is 11.9. The quantitative estimate of drug-likeness (QED) is 0.366. The summed E-state index contributed by atoms with van der Waals surface area (Å²) in [6.45, 7) is 0. The molecule has 0 heterocycles. The first-order valence-corrected chi connectivity index (χ1v) is 7.52. The summed E-state index contributed by atoms with van der Waals surface area (Å²) in [4.78, 5) is 23.9. The van der Waals surface area contributed by atoms with Gasteiger partial charge in [0.2, 0.25) is 10.9 Å². The van der Waals surface area contributed by atoms with E-state index in [4.69, 9.17) is 0 Å². The Kier molecular flexibility index (Phi) is 2.11. The molecule has 4 aromatic carbocycles. The van der Waals surface area contributed by atoms with Crippen LogP contribution in [-0.2, 0) is 12.8 Å². The molecule has 5 rings (SSSR count). The summed E-state index contributed by atoms with van der Waals surface area (Å²) >= 11 is 0. The van der Waals surface area contributed by atoms with Gasteiger partial charge in [0.1, 0.15) is 0 Å². The van der Waals surface area contributed by atoms with Crippen molar-refractivity contribution in [3.63, 3.8) is 0 Å². The van der Waals surface area contributed by atoms with Gasteiger partial charge >= 0.3 is 0 Å². The van der Waals surface area contributed by atoms with Crippen LogP contribution in [0.15, 0.2) is 58.1 Å². The van der Waals surface area contributed by atoms with E-state index in [-0.39, 0.29) is 10.9 Å². The monoisotopic (exact) mass is 284 g/mol. The molecule has 2 nitrogen and oxygen atoms in total. The smallest absolute Gasteiger partial charge is 0.234 e. The van der Waals surface area contributed by atoms with Crippen molar-refractivity contribution >= 4 is 21.5 Å². The molecule has 1 aliphatic carbocycles. The maximum atomic E-state index is 12.1. The Bertz CT molecular complexity index is 1160. The van der Waals surface area contributed by atoms with Gasteiger partial charge in [-0.2, -0.15) is 0 Å². The van der Waals surface area contributed by atoms with Crippen LogP contribution >= 0.6 is 0 Å². The van der Waals surface area contributed by atoms with Gasteiger partial charge in [-0.3, -0.25) is 9.59 Å². The van der Waals surface area contributed by atoms with E-state index in [1.165, 1.54) is 16.3 Å². The minimum atomic E-state index is -0.309. The van der Waals surface area contributed by atoms with E-state index in [1.807, 2.05) is 24.3 Å². The second-order valence-electron chi connectivity index (χ2n) is 5.96. The molecule has 104 valence electrons. The third-order valence-electron chi connectivity index (χ3n) is 4.92. The van der Waals surface area contributed by atoms with Gasteiger partial charge in [-0.05, 0) is 45.5 Å². The third-order valence-corrected chi connectivity index (χ3v) is 4.92. The van der Waals surface area contributed by atoms with Crippen molar-refractivity contribution in [1.82, 2.24) is 0 Å². The molecule has 22 heavy (non-hydrogen) atoms. The van der Waals surface area contributed by atoms with E-state index in [1.54, 1.807) is 0 Å². The summed E-state index contributed by atoms with van der Waals surface area (Å²) in [5, 5.41) is 4.66. The number of hydrogen-bond acceptors (Lipinski definition) is 2. The lowest BCUT2D eigenvalue weighted by Crippen LogP contribution is -2.39. The Morgan fingerprint density at radius 3 is 1.82 bits per heavy atom. The highest BCUT2D eigenvalue weighted by molar-refractivity contribution is 6.16. The van der Waals surface area contributed by atoms with Gasteiger partial charge in [-0.1, -0.05) is 48.5 Å². The van der Waals surface area contributed by atoms with Crippen molar-refractivity contribution in [2.24, 2.45) is 0 Å². The van der Waals surface area contributed by atoms with E-state index < -0.39 is 0 Å². The van der Waals surface area contributed by atoms with Crippen LogP contribution in [0.3, 0.4) is 0 Å². The fraction of sp³-hybridized carbons (Fsp3) is 0.100. The van der Waals surface area contributed by atoms with E-state index in [9.17, 15) is 9.59 Å². The predicted molar refractivity (Wildman–Crippen MR) is 89.2 cm³/mol. The summed E-state index contributed by atoms with van der Waals surface area (Å²) in [6, 6.07) is 16.5. The molecule has 1 aliphatic rings. The van der Waals surface area contributed by atoms with Gasteiger partial charge in [0.25, 0.3) is 0 Å². The molecule has 2 heteroatoms. The lowest BCUT2D eigenvalue weighted by molar-refractivity contribution is 0.922. The summed E-state index contributed by atoms with van der Waals surface area (Å²) in [5.74, 6) is 0. The lowest BCUT2D eigenvalue weighted by atomic mass is 9.77. The van der Waals surface area contributed by atoms with Gasteiger partial charge < -0.3 is 0 Å². The molecule has 0 spiro atoms. The largest absolute Gasteiger partial charge is 0.285 e. The molecule has 0 N–H and O–H groups in total. The van der Waals surface area contributed by atoms with Crippen LogP contribution in [0.1, 0.15) is 11.1 Å². The first-order chi connectivity index (χ1) is 10.8. The Morgan fingerprint density at radius 2 is 1.09 bits per heavy atom. The summed E-state index contributed by atoms with van der Waals surface area (Å²) in [5.41, 5.74) is 3.04. The number of rotatable bonds is 0. The Hall–Kier alpha value is -2.74. The standard InChI is InChI=1S/C20H12O2/c21-19-16-10-9-15-13-7-2-1-5-11(13)12-6-3-4-8-14(12)17(15)18(16)20(19)22/h1-8H,9-10H2. The van der Waals surface area contributed by atoms with E-state index in [0.29, 0.717) is 12.0 Å². The number of hydrogen-bond donors (Lipinski definition) is 0. The Balaban J connectivity index is 2.09. The number of benzene rings is 3. The average molecular weight is 284 g/mol. The highest BCUT2D eigenvalue weighted by atomic mass is 16.2. The van der Waals surface area contributed by atoms with Crippen LogP contribution in [0, 0.1) is 0 Å². The molecule has 0 aromatic heterocycles. The van der Waals surface area contributed by atoms with Crippen molar-refractivity contribution in [3.8, 4) is 11.1 Å². The van der Waals surface area contributed by atoms with E-state index >= 15 is 0 Å². The molecule has 0 aliphatic heterocycles. The molecule has 0 bridgehead atoms. The second-order valence-corrected chi connectivity index (χ2v) is 5.96. The SMILES string of the molecule is O=c1c2c(c1=O)-c1c(c3ccccc3c3ccccc13)CC2. The van der Waals surface area contributed by atoms with Gasteiger partial charge in [0.05, 0.1) is 0 Å². The zero-order valence-corrected chi connectivity index (χ0v) is 11.8. The zero-order chi connectivity index (χ0) is 14.8. The topological polar surface area (TPSA) is 34.1 Å². The normalized spacial score (nSPS) is 13.5. The first-order valence-electron chi connectivity index (χ1n) is 7.52. The molecule has 0 saturated carbocycles. The molecule has 0 amide bonds. The summed E-state index contributed by atoms with van der Waals surface area (Å²) in [6.07, 6.45) is 1.52. The van der Waals surface area contributed by atoms with Gasteiger partial charge in [0.15, 0.2) is 0 Å². The van der Waals surface area contributed by atoms with Crippen LogP contribution in [0.4, 0.5) is 0 Å². The minimum Gasteiger partial charge on any atom is -0.285 e. The fourth-order valence-corrected chi connectivity index (χ4v) is 3.95. The van der Waals surface area contributed by atoms with E-state index in [2.05, 4.69) is 24.3 Å². The molecule has 0 atom stereocenters. The Morgan fingerprint density at radius 1 is 0.545 bits per heavy atom. The lowest BCUT2D eigenvalue weighted by Gasteiger charge is -2.24. The summed E-state index contributed by atoms with van der Waals surface area (Å²) < 4.78 is 0. The second kappa shape index (κ2) is 3.92. The zero-order valence-electron chi connectivity index (χ0n) is 11.8. The predicted octanol–water partition coefficient (Wildman–Crippen LogP) is 3.35. The number of aryl methyl sites for hydroxylation is 1. The van der Waals surface area contributed by atoms with Crippen molar-refractivity contribution in [3.05, 3.63) is 80.1 Å². The van der Waals surface area contributed by atoms with Crippen molar-refractivity contribution < 1.29 is 0 Å². The van der Waals surface area contributed by atoms with Gasteiger partial charge in [-0.15, -0.1) is 0 Å². The maximum absolute atomic E-state index is 12.1. The molecule has 0 unspecified atom stereocenters. The maximum Gasteiger partial charge on any atom is 0.234 e. The average Bonchev–Trinajstić information content (AvgIpc) is 2.60. The Labute approximate surface area is 126 Å². The van der Waals surface area contributed by atoms with Gasteiger partial charge in [0, 0.05) is 11.1 Å². The molecule has 0 saturated heterocycles. The molecular formula is C20H12O2. The minimum absolute atomic E-state index is 0.280. The van der Waals surface area contributed by atoms with Crippen LogP contribution in [-0.4, -0.2) is 0 Å². The molecular weight excluding hydrogens is 272 g/mol. The van der Waals surface area contributed by atoms with Crippen molar-refractivity contribution in [2.45, 2.75) is 12.8 Å². The molecule has 0 fully saturated rings. The van der Waals surface area contributed by atoms with E-state index in [0.717, 1.165) is 28.3 Å². The molecule has 4 aromatic rings.